The van der Waals surface area contributed by atoms with Crippen LogP contribution >= 0.6 is 24.0 Å². The van der Waals surface area contributed by atoms with E-state index in [1.165, 1.54) is 16.2 Å². The Morgan fingerprint density at radius 1 is 1.23 bits per heavy atom. The number of aromatic nitrogens is 2. The molecule has 0 spiro atoms. The van der Waals surface area contributed by atoms with E-state index in [9.17, 15) is 9.59 Å². The molecule has 5 rings (SSSR count). The van der Waals surface area contributed by atoms with Gasteiger partial charge >= 0.3 is 0 Å². The predicted molar refractivity (Wildman–Crippen MR) is 123 cm³/mol. The molecular weight excluding hydrogens is 436 g/mol. The van der Waals surface area contributed by atoms with E-state index in [-0.39, 0.29) is 17.6 Å². The zero-order chi connectivity index (χ0) is 21.4. The number of carbonyl (C=O) groups is 1. The van der Waals surface area contributed by atoms with Crippen LogP contribution < -0.4 is 10.5 Å². The van der Waals surface area contributed by atoms with Crippen molar-refractivity contribution < 1.29 is 14.3 Å². The number of thiocarbonyl (C=S) groups is 1. The smallest absolute Gasteiger partial charge is 0.267 e. The van der Waals surface area contributed by atoms with Gasteiger partial charge in [0.25, 0.3) is 11.5 Å². The van der Waals surface area contributed by atoms with Gasteiger partial charge in [-0.3, -0.25) is 18.9 Å². The fourth-order valence-corrected chi connectivity index (χ4v) is 5.27. The number of carbonyl (C=O) groups excluding carboxylic acids is 1. The van der Waals surface area contributed by atoms with E-state index in [1.807, 2.05) is 11.0 Å². The molecule has 0 N–H and O–H groups in total. The highest BCUT2D eigenvalue weighted by molar-refractivity contribution is 8.26. The van der Waals surface area contributed by atoms with Gasteiger partial charge in [0.05, 0.1) is 36.3 Å². The zero-order valence-corrected chi connectivity index (χ0v) is 18.5. The fourth-order valence-electron chi connectivity index (χ4n) is 4.01. The first kappa shape index (κ1) is 20.6. The van der Waals surface area contributed by atoms with Gasteiger partial charge in [0.2, 0.25) is 0 Å². The van der Waals surface area contributed by atoms with Crippen molar-refractivity contribution in [3.05, 3.63) is 45.2 Å². The van der Waals surface area contributed by atoms with Crippen LogP contribution in [0.1, 0.15) is 18.4 Å². The number of pyridine rings is 1. The molecule has 2 aromatic rings. The molecular formula is C21H22N4O4S2. The number of nitrogens with zero attached hydrogens (tertiary/aromatic N) is 4. The van der Waals surface area contributed by atoms with Gasteiger partial charge in [-0.15, -0.1) is 0 Å². The summed E-state index contributed by atoms with van der Waals surface area (Å²) in [5.74, 6) is 0.389. The standard InChI is InChI=1S/C21H22N4O4S2/c26-19-15(12-16-20(27)25(21(30)31-16)13-14-4-3-9-29-14)18(23-7-10-28-11-8-23)22-17-5-1-2-6-24(17)19/h1-2,5-6,12,14H,3-4,7-11,13H2/b16-12+/t14-/m1/s1. The maximum Gasteiger partial charge on any atom is 0.267 e. The number of amides is 1. The Bertz CT molecular complexity index is 1120. The summed E-state index contributed by atoms with van der Waals surface area (Å²) < 4.78 is 13.1. The number of fused-ring (bicyclic) bond motifs is 1. The second-order valence-electron chi connectivity index (χ2n) is 7.61. The Labute approximate surface area is 188 Å². The molecule has 2 aromatic heterocycles. The number of hydrogen-bond donors (Lipinski definition) is 0. The van der Waals surface area contributed by atoms with Crippen molar-refractivity contribution in [2.45, 2.75) is 18.9 Å². The second-order valence-corrected chi connectivity index (χ2v) is 9.29. The van der Waals surface area contributed by atoms with Gasteiger partial charge in [0.1, 0.15) is 15.8 Å². The molecule has 8 nitrogen and oxygen atoms in total. The van der Waals surface area contributed by atoms with Crippen molar-refractivity contribution in [2.24, 2.45) is 0 Å². The minimum Gasteiger partial charge on any atom is -0.378 e. The Morgan fingerprint density at radius 2 is 2.06 bits per heavy atom. The molecule has 3 aliphatic heterocycles. The molecule has 0 unspecified atom stereocenters. The maximum absolute atomic E-state index is 13.4. The van der Waals surface area contributed by atoms with Gasteiger partial charge in [-0.1, -0.05) is 30.0 Å². The van der Waals surface area contributed by atoms with E-state index in [1.54, 1.807) is 29.3 Å². The average Bonchev–Trinajstić information content (AvgIpc) is 3.40. The number of morpholine rings is 1. The Hall–Kier alpha value is -2.27. The van der Waals surface area contributed by atoms with E-state index < -0.39 is 0 Å². The summed E-state index contributed by atoms with van der Waals surface area (Å²) in [6.07, 6.45) is 5.27. The first-order chi connectivity index (χ1) is 15.1. The number of anilines is 1. The first-order valence-corrected chi connectivity index (χ1v) is 11.6. The third-order valence-corrected chi connectivity index (χ3v) is 7.00. The minimum atomic E-state index is -0.212. The molecule has 0 aliphatic carbocycles. The van der Waals surface area contributed by atoms with Gasteiger partial charge in [-0.2, -0.15) is 0 Å². The molecule has 162 valence electrons. The summed E-state index contributed by atoms with van der Waals surface area (Å²) in [7, 11) is 0. The van der Waals surface area contributed by atoms with Crippen molar-refractivity contribution in [2.75, 3.05) is 44.4 Å². The van der Waals surface area contributed by atoms with Gasteiger partial charge in [-0.05, 0) is 31.1 Å². The quantitative estimate of drug-likeness (QED) is 0.508. The van der Waals surface area contributed by atoms with Gasteiger partial charge in [0.15, 0.2) is 0 Å². The molecule has 1 atom stereocenters. The number of hydrogen-bond acceptors (Lipinski definition) is 8. The fraction of sp³-hybridized carbons (Fsp3) is 0.429. The number of thioether (sulfide) groups is 1. The van der Waals surface area contributed by atoms with Crippen LogP contribution in [-0.4, -0.2) is 70.1 Å². The minimum absolute atomic E-state index is 0.0127. The van der Waals surface area contributed by atoms with Crippen molar-refractivity contribution in [1.82, 2.24) is 14.3 Å². The van der Waals surface area contributed by atoms with Crippen molar-refractivity contribution in [1.29, 1.82) is 0 Å². The van der Waals surface area contributed by atoms with Gasteiger partial charge < -0.3 is 14.4 Å². The van der Waals surface area contributed by atoms with E-state index in [0.717, 1.165) is 19.4 Å². The van der Waals surface area contributed by atoms with Crippen LogP contribution in [-0.2, 0) is 14.3 Å². The number of ether oxygens (including phenoxy) is 2. The molecule has 3 saturated heterocycles. The predicted octanol–water partition coefficient (Wildman–Crippen LogP) is 1.91. The van der Waals surface area contributed by atoms with Crippen LogP contribution in [0.2, 0.25) is 0 Å². The summed E-state index contributed by atoms with van der Waals surface area (Å²) in [5.41, 5.74) is 0.747. The molecule has 3 aliphatic rings. The van der Waals surface area contributed by atoms with E-state index in [0.29, 0.717) is 59.1 Å². The molecule has 0 bridgehead atoms. The largest absolute Gasteiger partial charge is 0.378 e. The highest BCUT2D eigenvalue weighted by Crippen LogP contribution is 2.34. The maximum atomic E-state index is 13.4. The van der Waals surface area contributed by atoms with E-state index in [4.69, 9.17) is 26.7 Å². The Morgan fingerprint density at radius 3 is 2.84 bits per heavy atom. The lowest BCUT2D eigenvalue weighted by atomic mass is 10.2. The van der Waals surface area contributed by atoms with E-state index in [2.05, 4.69) is 0 Å². The average molecular weight is 459 g/mol. The molecule has 0 aromatic carbocycles. The summed E-state index contributed by atoms with van der Waals surface area (Å²) >= 11 is 6.68. The van der Waals surface area contributed by atoms with Crippen molar-refractivity contribution >= 4 is 51.7 Å². The Balaban J connectivity index is 1.55. The second kappa shape index (κ2) is 8.70. The van der Waals surface area contributed by atoms with Crippen LogP contribution in [0.5, 0.6) is 0 Å². The third-order valence-electron chi connectivity index (χ3n) is 5.62. The Kier molecular flexibility index (Phi) is 5.79. The lowest BCUT2D eigenvalue weighted by Gasteiger charge is -2.29. The van der Waals surface area contributed by atoms with Gasteiger partial charge in [0, 0.05) is 25.9 Å². The first-order valence-electron chi connectivity index (χ1n) is 10.3. The highest BCUT2D eigenvalue weighted by atomic mass is 32.2. The lowest BCUT2D eigenvalue weighted by molar-refractivity contribution is -0.123. The summed E-state index contributed by atoms with van der Waals surface area (Å²) in [6, 6.07) is 5.44. The molecule has 0 saturated carbocycles. The van der Waals surface area contributed by atoms with Crippen LogP contribution in [0.15, 0.2) is 34.1 Å². The third kappa shape index (κ3) is 4.00. The molecule has 1 amide bonds. The molecule has 10 heteroatoms. The normalized spacial score (nSPS) is 23.5. The van der Waals surface area contributed by atoms with Crippen molar-refractivity contribution in [3.63, 3.8) is 0 Å². The van der Waals surface area contributed by atoms with Crippen molar-refractivity contribution in [3.8, 4) is 0 Å². The highest BCUT2D eigenvalue weighted by Gasteiger charge is 2.35. The van der Waals surface area contributed by atoms with E-state index >= 15 is 0 Å². The van der Waals surface area contributed by atoms with Crippen LogP contribution in [0.4, 0.5) is 5.82 Å². The molecule has 0 radical (unpaired) electrons. The molecule has 5 heterocycles. The summed E-state index contributed by atoms with van der Waals surface area (Å²) in [5, 5.41) is 0. The summed E-state index contributed by atoms with van der Waals surface area (Å²) in [6.45, 7) is 3.58. The zero-order valence-electron chi connectivity index (χ0n) is 16.9. The topological polar surface area (TPSA) is 76.4 Å². The molecule has 3 fully saturated rings. The SMILES string of the molecule is O=C1/C(=C\c2c(N3CCOCC3)nc3ccccn3c2=O)SC(=S)N1C[C@H]1CCCO1. The van der Waals surface area contributed by atoms with Crippen LogP contribution in [0.3, 0.4) is 0 Å². The molecule has 31 heavy (non-hydrogen) atoms. The summed E-state index contributed by atoms with van der Waals surface area (Å²) in [4.78, 5) is 35.3. The lowest BCUT2D eigenvalue weighted by Crippen LogP contribution is -2.38. The van der Waals surface area contributed by atoms with Crippen LogP contribution in [0.25, 0.3) is 11.7 Å². The van der Waals surface area contributed by atoms with Gasteiger partial charge in [-0.25, -0.2) is 4.98 Å². The number of rotatable bonds is 4. The monoisotopic (exact) mass is 458 g/mol. The van der Waals surface area contributed by atoms with Crippen LogP contribution in [0, 0.1) is 0 Å².